The Hall–Kier alpha value is -1.69. The maximum absolute atomic E-state index is 12.4. The van der Waals surface area contributed by atoms with E-state index < -0.39 is 0 Å². The number of hydrogen-bond donors (Lipinski definition) is 0. The molecule has 0 N–H and O–H groups in total. The van der Waals surface area contributed by atoms with Crippen molar-refractivity contribution in [1.82, 2.24) is 15.1 Å². The zero-order valence-electron chi connectivity index (χ0n) is 13.0. The van der Waals surface area contributed by atoms with Crippen molar-refractivity contribution in [3.63, 3.8) is 0 Å². The minimum atomic E-state index is 0.0545. The molecule has 6 heteroatoms. The maximum Gasteiger partial charge on any atom is 0.228 e. The second-order valence-corrected chi connectivity index (χ2v) is 6.60. The summed E-state index contributed by atoms with van der Waals surface area (Å²) in [4.78, 5) is 16.5. The Morgan fingerprint density at radius 3 is 3.00 bits per heavy atom. The van der Waals surface area contributed by atoms with Crippen molar-refractivity contribution in [2.75, 3.05) is 38.3 Å². The SMILES string of the molecule is CN(C(=O)C1CCOC1)C1CN(c2cc3c(nn2)CCC3)C1. The monoisotopic (exact) mass is 302 g/mol. The molecule has 0 saturated carbocycles. The summed E-state index contributed by atoms with van der Waals surface area (Å²) in [6.07, 6.45) is 4.23. The summed E-state index contributed by atoms with van der Waals surface area (Å²) in [7, 11) is 1.91. The van der Waals surface area contributed by atoms with E-state index in [4.69, 9.17) is 4.74 Å². The molecule has 2 fully saturated rings. The van der Waals surface area contributed by atoms with Crippen molar-refractivity contribution in [3.8, 4) is 0 Å². The van der Waals surface area contributed by atoms with Crippen LogP contribution >= 0.6 is 0 Å². The summed E-state index contributed by atoms with van der Waals surface area (Å²) in [5.74, 6) is 1.24. The fourth-order valence-corrected chi connectivity index (χ4v) is 3.56. The van der Waals surface area contributed by atoms with Crippen LogP contribution in [-0.2, 0) is 22.4 Å². The molecule has 22 heavy (non-hydrogen) atoms. The zero-order valence-corrected chi connectivity index (χ0v) is 13.0. The predicted molar refractivity (Wildman–Crippen MR) is 81.8 cm³/mol. The summed E-state index contributed by atoms with van der Waals surface area (Å²) in [6.45, 7) is 2.99. The molecule has 0 bridgehead atoms. The van der Waals surface area contributed by atoms with E-state index >= 15 is 0 Å². The molecule has 2 saturated heterocycles. The van der Waals surface area contributed by atoms with E-state index in [-0.39, 0.29) is 17.9 Å². The molecule has 1 aromatic heterocycles. The fourth-order valence-electron chi connectivity index (χ4n) is 3.56. The van der Waals surface area contributed by atoms with E-state index in [1.807, 2.05) is 11.9 Å². The second kappa shape index (κ2) is 5.50. The van der Waals surface area contributed by atoms with Crippen LogP contribution in [0.4, 0.5) is 5.82 Å². The highest BCUT2D eigenvalue weighted by Crippen LogP contribution is 2.27. The number of hydrogen-bond acceptors (Lipinski definition) is 5. The molecular formula is C16H22N4O2. The highest BCUT2D eigenvalue weighted by atomic mass is 16.5. The van der Waals surface area contributed by atoms with Crippen LogP contribution in [0.5, 0.6) is 0 Å². The Kier molecular flexibility index (Phi) is 3.48. The van der Waals surface area contributed by atoms with Gasteiger partial charge < -0.3 is 14.5 Å². The standard InChI is InChI=1S/C16H22N4O2/c1-19(16(21)12-5-6-22-10-12)13-8-20(9-13)15-7-11-3-2-4-14(11)17-18-15/h7,12-13H,2-6,8-10H2,1H3. The van der Waals surface area contributed by atoms with Crippen LogP contribution in [0.1, 0.15) is 24.1 Å². The lowest BCUT2D eigenvalue weighted by atomic mass is 10.0. The van der Waals surface area contributed by atoms with Gasteiger partial charge in [0.1, 0.15) is 0 Å². The van der Waals surface area contributed by atoms with Crippen LogP contribution in [0.25, 0.3) is 0 Å². The van der Waals surface area contributed by atoms with Crippen LogP contribution in [0.3, 0.4) is 0 Å². The van der Waals surface area contributed by atoms with Crippen molar-refractivity contribution < 1.29 is 9.53 Å². The number of aromatic nitrogens is 2. The number of anilines is 1. The molecule has 1 atom stereocenters. The van der Waals surface area contributed by atoms with Gasteiger partial charge in [0.25, 0.3) is 0 Å². The molecule has 4 rings (SSSR count). The van der Waals surface area contributed by atoms with Gasteiger partial charge in [-0.25, -0.2) is 0 Å². The molecule has 0 spiro atoms. The largest absolute Gasteiger partial charge is 0.381 e. The number of fused-ring (bicyclic) bond motifs is 1. The molecule has 0 radical (unpaired) electrons. The van der Waals surface area contributed by atoms with Crippen LogP contribution in [-0.4, -0.2) is 60.4 Å². The number of ether oxygens (including phenoxy) is 1. The molecule has 118 valence electrons. The lowest BCUT2D eigenvalue weighted by molar-refractivity contribution is -0.136. The molecule has 0 aromatic carbocycles. The van der Waals surface area contributed by atoms with Crippen molar-refractivity contribution in [2.24, 2.45) is 5.92 Å². The lowest BCUT2D eigenvalue weighted by Crippen LogP contribution is -2.61. The Bertz CT molecular complexity index is 580. The third kappa shape index (κ3) is 2.35. The summed E-state index contributed by atoms with van der Waals surface area (Å²) in [5, 5.41) is 8.68. The molecule has 1 unspecified atom stereocenters. The molecular weight excluding hydrogens is 280 g/mol. The number of amides is 1. The third-order valence-corrected chi connectivity index (χ3v) is 5.17. The number of rotatable bonds is 3. The Labute approximate surface area is 130 Å². The number of carbonyl (C=O) groups is 1. The number of carbonyl (C=O) groups excluding carboxylic acids is 1. The highest BCUT2D eigenvalue weighted by Gasteiger charge is 2.37. The molecule has 3 heterocycles. The Morgan fingerprint density at radius 1 is 1.36 bits per heavy atom. The van der Waals surface area contributed by atoms with Gasteiger partial charge in [-0.3, -0.25) is 4.79 Å². The van der Waals surface area contributed by atoms with Gasteiger partial charge in [-0.2, -0.15) is 5.10 Å². The summed E-state index contributed by atoms with van der Waals surface area (Å²) < 4.78 is 5.32. The molecule has 1 amide bonds. The van der Waals surface area contributed by atoms with E-state index in [1.54, 1.807) is 0 Å². The van der Waals surface area contributed by atoms with E-state index in [2.05, 4.69) is 21.2 Å². The van der Waals surface area contributed by atoms with Crippen LogP contribution < -0.4 is 4.90 Å². The van der Waals surface area contributed by atoms with Gasteiger partial charge in [-0.05, 0) is 37.3 Å². The first-order valence-corrected chi connectivity index (χ1v) is 8.17. The van der Waals surface area contributed by atoms with Crippen molar-refractivity contribution >= 4 is 11.7 Å². The second-order valence-electron chi connectivity index (χ2n) is 6.60. The summed E-state index contributed by atoms with van der Waals surface area (Å²) in [6, 6.07) is 2.46. The van der Waals surface area contributed by atoms with E-state index in [1.165, 1.54) is 12.0 Å². The van der Waals surface area contributed by atoms with Crippen molar-refractivity contribution in [2.45, 2.75) is 31.7 Å². The highest BCUT2D eigenvalue weighted by molar-refractivity contribution is 5.79. The normalized spacial score (nSPS) is 24.2. The van der Waals surface area contributed by atoms with Gasteiger partial charge in [-0.15, -0.1) is 5.10 Å². The van der Waals surface area contributed by atoms with Gasteiger partial charge in [-0.1, -0.05) is 0 Å². The van der Waals surface area contributed by atoms with Gasteiger partial charge >= 0.3 is 0 Å². The van der Waals surface area contributed by atoms with Crippen LogP contribution in [0, 0.1) is 5.92 Å². The van der Waals surface area contributed by atoms with Crippen LogP contribution in [0.2, 0.25) is 0 Å². The molecule has 2 aliphatic heterocycles. The summed E-state index contributed by atoms with van der Waals surface area (Å²) in [5.41, 5.74) is 2.51. The predicted octanol–water partition coefficient (Wildman–Crippen LogP) is 0.649. The van der Waals surface area contributed by atoms with Gasteiger partial charge in [0.2, 0.25) is 5.91 Å². The third-order valence-electron chi connectivity index (χ3n) is 5.17. The first-order valence-electron chi connectivity index (χ1n) is 8.17. The maximum atomic E-state index is 12.4. The zero-order chi connectivity index (χ0) is 15.1. The Morgan fingerprint density at radius 2 is 2.23 bits per heavy atom. The summed E-state index contributed by atoms with van der Waals surface area (Å²) >= 11 is 0. The van der Waals surface area contributed by atoms with Crippen molar-refractivity contribution in [3.05, 3.63) is 17.3 Å². The van der Waals surface area contributed by atoms with E-state index in [9.17, 15) is 4.79 Å². The Balaban J connectivity index is 1.36. The topological polar surface area (TPSA) is 58.6 Å². The van der Waals surface area contributed by atoms with Gasteiger partial charge in [0.15, 0.2) is 5.82 Å². The number of likely N-dealkylation sites (N-methyl/N-ethyl adjacent to an activating group) is 1. The first-order chi connectivity index (χ1) is 10.7. The average Bonchev–Trinajstić information content (AvgIpc) is 3.15. The molecule has 1 aromatic rings. The average molecular weight is 302 g/mol. The minimum absolute atomic E-state index is 0.0545. The smallest absolute Gasteiger partial charge is 0.228 e. The van der Waals surface area contributed by atoms with E-state index in [0.29, 0.717) is 13.2 Å². The van der Waals surface area contributed by atoms with Crippen molar-refractivity contribution in [1.29, 1.82) is 0 Å². The molecule has 6 nitrogen and oxygen atoms in total. The van der Waals surface area contributed by atoms with E-state index in [0.717, 1.165) is 43.9 Å². The van der Waals surface area contributed by atoms with Gasteiger partial charge in [0, 0.05) is 26.7 Å². The minimum Gasteiger partial charge on any atom is -0.381 e. The number of aryl methyl sites for hydroxylation is 2. The number of nitrogens with zero attached hydrogens (tertiary/aromatic N) is 4. The van der Waals surface area contributed by atoms with Crippen LogP contribution in [0.15, 0.2) is 6.07 Å². The first kappa shape index (κ1) is 13.9. The quantitative estimate of drug-likeness (QED) is 0.820. The molecule has 3 aliphatic rings. The van der Waals surface area contributed by atoms with Gasteiger partial charge in [0.05, 0.1) is 24.3 Å². The lowest BCUT2D eigenvalue weighted by Gasteiger charge is -2.45. The fraction of sp³-hybridized carbons (Fsp3) is 0.688. The molecule has 1 aliphatic carbocycles.